The summed E-state index contributed by atoms with van der Waals surface area (Å²) in [4.78, 5) is 13.6. The second kappa shape index (κ2) is 2.65. The molecule has 0 spiro atoms. The van der Waals surface area contributed by atoms with Crippen molar-refractivity contribution in [2.24, 2.45) is 0 Å². The zero-order valence-corrected chi connectivity index (χ0v) is 5.80. The van der Waals surface area contributed by atoms with E-state index in [1.54, 1.807) is 0 Å². The maximum Gasteiger partial charge on any atom is 0.141 e. The van der Waals surface area contributed by atoms with E-state index in [9.17, 15) is 14.3 Å². The number of aryl methyl sites for hydroxylation is 1. The molecule has 0 amide bonds. The van der Waals surface area contributed by atoms with E-state index in [4.69, 9.17) is 0 Å². The predicted octanol–water partition coefficient (Wildman–Crippen LogP) is -0.107. The quantitative estimate of drug-likeness (QED) is 0.567. The standard InChI is InChI=1S/C7H6FNO2/c1-4-2-5(8)3-9-6(4)7(10)11/h2-3H,1H3,(H,10,11)/p-1. The van der Waals surface area contributed by atoms with Crippen LogP contribution in [0.1, 0.15) is 16.1 Å². The Hall–Kier alpha value is -1.45. The third-order valence-corrected chi connectivity index (χ3v) is 1.24. The smallest absolute Gasteiger partial charge is 0.141 e. The molecule has 0 aromatic carbocycles. The van der Waals surface area contributed by atoms with Gasteiger partial charge in [-0.3, -0.25) is 4.98 Å². The van der Waals surface area contributed by atoms with Gasteiger partial charge in [0.05, 0.1) is 17.9 Å². The number of halogens is 1. The van der Waals surface area contributed by atoms with Gasteiger partial charge >= 0.3 is 0 Å². The first kappa shape index (κ1) is 7.65. The Morgan fingerprint density at radius 3 is 2.82 bits per heavy atom. The van der Waals surface area contributed by atoms with Crippen LogP contribution in [-0.2, 0) is 0 Å². The number of pyridine rings is 1. The molecule has 0 aliphatic heterocycles. The average Bonchev–Trinajstić information content (AvgIpc) is 1.85. The molecule has 1 heterocycles. The van der Waals surface area contributed by atoms with E-state index in [-0.39, 0.29) is 11.3 Å². The fourth-order valence-corrected chi connectivity index (χ4v) is 0.754. The lowest BCUT2D eigenvalue weighted by Gasteiger charge is -2.03. The predicted molar refractivity (Wildman–Crippen MR) is 33.3 cm³/mol. The number of aromatic carboxylic acids is 1. The van der Waals surface area contributed by atoms with E-state index in [2.05, 4.69) is 4.98 Å². The molecule has 58 valence electrons. The first-order valence-corrected chi connectivity index (χ1v) is 2.95. The Morgan fingerprint density at radius 2 is 2.36 bits per heavy atom. The Balaban J connectivity index is 3.20. The Labute approximate surface area is 62.5 Å². The van der Waals surface area contributed by atoms with Crippen molar-refractivity contribution in [2.75, 3.05) is 0 Å². The molecular weight excluding hydrogens is 149 g/mol. The summed E-state index contributed by atoms with van der Waals surface area (Å²) in [5.41, 5.74) is 0.0522. The molecule has 0 unspecified atom stereocenters. The third kappa shape index (κ3) is 1.52. The van der Waals surface area contributed by atoms with Crippen molar-refractivity contribution >= 4 is 5.97 Å². The molecule has 3 nitrogen and oxygen atoms in total. The lowest BCUT2D eigenvalue weighted by atomic mass is 10.2. The van der Waals surface area contributed by atoms with E-state index in [1.807, 2.05) is 0 Å². The van der Waals surface area contributed by atoms with Gasteiger partial charge in [-0.2, -0.15) is 0 Å². The van der Waals surface area contributed by atoms with Crippen molar-refractivity contribution < 1.29 is 14.3 Å². The number of carboxylic acid groups (broad SMARTS) is 1. The monoisotopic (exact) mass is 154 g/mol. The zero-order valence-electron chi connectivity index (χ0n) is 5.80. The molecule has 1 rings (SSSR count). The number of carbonyl (C=O) groups excluding carboxylic acids is 1. The SMILES string of the molecule is Cc1cc(F)cnc1C(=O)[O-]. The largest absolute Gasteiger partial charge is 0.543 e. The third-order valence-electron chi connectivity index (χ3n) is 1.24. The van der Waals surface area contributed by atoms with Gasteiger partial charge in [0, 0.05) is 0 Å². The molecule has 0 saturated carbocycles. The summed E-state index contributed by atoms with van der Waals surface area (Å²) in [6, 6.07) is 1.10. The van der Waals surface area contributed by atoms with Crippen LogP contribution in [0.25, 0.3) is 0 Å². The molecule has 0 atom stereocenters. The molecule has 1 aromatic heterocycles. The normalized spacial score (nSPS) is 9.64. The molecule has 0 radical (unpaired) electrons. The Bertz CT molecular complexity index is 298. The summed E-state index contributed by atoms with van der Waals surface area (Å²) >= 11 is 0. The van der Waals surface area contributed by atoms with E-state index in [0.29, 0.717) is 0 Å². The van der Waals surface area contributed by atoms with Gasteiger partial charge in [-0.1, -0.05) is 0 Å². The number of carboxylic acids is 1. The maximum atomic E-state index is 12.3. The van der Waals surface area contributed by atoms with Gasteiger partial charge in [-0.15, -0.1) is 0 Å². The number of carbonyl (C=O) groups is 1. The summed E-state index contributed by atoms with van der Waals surface area (Å²) in [7, 11) is 0. The first-order valence-electron chi connectivity index (χ1n) is 2.95. The molecule has 0 N–H and O–H groups in total. The van der Waals surface area contributed by atoms with Crippen LogP contribution >= 0.6 is 0 Å². The Morgan fingerprint density at radius 1 is 1.73 bits per heavy atom. The molecule has 0 aliphatic carbocycles. The fourth-order valence-electron chi connectivity index (χ4n) is 0.754. The molecule has 4 heteroatoms. The molecule has 0 bridgehead atoms. The van der Waals surface area contributed by atoms with E-state index >= 15 is 0 Å². The highest BCUT2D eigenvalue weighted by molar-refractivity contribution is 5.84. The molecule has 11 heavy (non-hydrogen) atoms. The minimum atomic E-state index is -1.39. The van der Waals surface area contributed by atoms with E-state index in [1.165, 1.54) is 6.92 Å². The minimum Gasteiger partial charge on any atom is -0.543 e. The summed E-state index contributed by atoms with van der Waals surface area (Å²) in [6.45, 7) is 1.46. The Kier molecular flexibility index (Phi) is 1.85. The topological polar surface area (TPSA) is 53.0 Å². The van der Waals surface area contributed by atoms with E-state index in [0.717, 1.165) is 12.3 Å². The lowest BCUT2D eigenvalue weighted by molar-refractivity contribution is -0.255. The van der Waals surface area contributed by atoms with Crippen LogP contribution in [0.3, 0.4) is 0 Å². The van der Waals surface area contributed by atoms with Crippen LogP contribution in [0.4, 0.5) is 4.39 Å². The second-order valence-electron chi connectivity index (χ2n) is 2.11. The highest BCUT2D eigenvalue weighted by Gasteiger charge is 2.00. The van der Waals surface area contributed by atoms with Crippen molar-refractivity contribution in [1.29, 1.82) is 0 Å². The maximum absolute atomic E-state index is 12.3. The van der Waals surface area contributed by atoms with Crippen molar-refractivity contribution in [2.45, 2.75) is 6.92 Å². The first-order chi connectivity index (χ1) is 5.11. The number of aromatic nitrogens is 1. The highest BCUT2D eigenvalue weighted by Crippen LogP contribution is 2.04. The van der Waals surface area contributed by atoms with Crippen LogP contribution in [0.2, 0.25) is 0 Å². The number of hydrogen-bond donors (Lipinski definition) is 0. The molecule has 0 aliphatic rings. The summed E-state index contributed by atoms with van der Waals surface area (Å²) < 4.78 is 12.3. The van der Waals surface area contributed by atoms with Gasteiger partial charge < -0.3 is 9.90 Å². The summed E-state index contributed by atoms with van der Waals surface area (Å²) in [5, 5.41) is 10.2. The van der Waals surface area contributed by atoms with Gasteiger partial charge in [-0.05, 0) is 18.6 Å². The zero-order chi connectivity index (χ0) is 8.43. The van der Waals surface area contributed by atoms with Crippen molar-refractivity contribution in [1.82, 2.24) is 4.98 Å². The number of hydrogen-bond acceptors (Lipinski definition) is 3. The van der Waals surface area contributed by atoms with Gasteiger partial charge in [0.2, 0.25) is 0 Å². The van der Waals surface area contributed by atoms with Gasteiger partial charge in [0.15, 0.2) is 0 Å². The van der Waals surface area contributed by atoms with Crippen molar-refractivity contribution in [3.05, 3.63) is 29.3 Å². The van der Waals surface area contributed by atoms with E-state index < -0.39 is 11.8 Å². The van der Waals surface area contributed by atoms with Crippen LogP contribution in [0, 0.1) is 12.7 Å². The molecule has 1 aromatic rings. The van der Waals surface area contributed by atoms with Crippen LogP contribution in [-0.4, -0.2) is 11.0 Å². The summed E-state index contributed by atoms with van der Waals surface area (Å²) in [6.07, 6.45) is 0.845. The highest BCUT2D eigenvalue weighted by atomic mass is 19.1. The lowest BCUT2D eigenvalue weighted by Crippen LogP contribution is -2.24. The minimum absolute atomic E-state index is 0.216. The average molecular weight is 154 g/mol. The molecule has 0 saturated heterocycles. The number of nitrogens with zero attached hydrogens (tertiary/aromatic N) is 1. The van der Waals surface area contributed by atoms with Gasteiger partial charge in [0.25, 0.3) is 0 Å². The van der Waals surface area contributed by atoms with Crippen LogP contribution < -0.4 is 5.11 Å². The number of rotatable bonds is 1. The fraction of sp³-hybridized carbons (Fsp3) is 0.143. The van der Waals surface area contributed by atoms with Crippen molar-refractivity contribution in [3.63, 3.8) is 0 Å². The van der Waals surface area contributed by atoms with Crippen molar-refractivity contribution in [3.8, 4) is 0 Å². The summed E-state index contributed by atoms with van der Waals surface area (Å²) in [5.74, 6) is -1.94. The molecule has 0 fully saturated rings. The van der Waals surface area contributed by atoms with Crippen LogP contribution in [0.5, 0.6) is 0 Å². The van der Waals surface area contributed by atoms with Gasteiger partial charge in [0.1, 0.15) is 5.82 Å². The second-order valence-corrected chi connectivity index (χ2v) is 2.11. The van der Waals surface area contributed by atoms with Crippen LogP contribution in [0.15, 0.2) is 12.3 Å². The molecular formula is C7H5FNO2-. The van der Waals surface area contributed by atoms with Gasteiger partial charge in [-0.25, -0.2) is 4.39 Å².